The summed E-state index contributed by atoms with van der Waals surface area (Å²) in [5.41, 5.74) is 2.94. The maximum atomic E-state index is 13.1. The summed E-state index contributed by atoms with van der Waals surface area (Å²) < 4.78 is 39.9. The van der Waals surface area contributed by atoms with Crippen molar-refractivity contribution in [3.63, 3.8) is 0 Å². The molecule has 5 nitrogen and oxygen atoms in total. The molecule has 0 N–H and O–H groups in total. The molecule has 0 amide bonds. The summed E-state index contributed by atoms with van der Waals surface area (Å²) in [6, 6.07) is 12.8. The number of likely N-dealkylation sites (N-methyl/N-ethyl adjacent to an activating group) is 1. The van der Waals surface area contributed by atoms with Crippen LogP contribution < -0.4 is 0 Å². The quantitative estimate of drug-likeness (QED) is 0.777. The Hall–Kier alpha value is -2.25. The van der Waals surface area contributed by atoms with Gasteiger partial charge in [0, 0.05) is 13.0 Å². The zero-order chi connectivity index (χ0) is 18.7. The Morgan fingerprint density at radius 2 is 1.81 bits per heavy atom. The molecule has 1 aliphatic heterocycles. The molecule has 0 radical (unpaired) electrons. The van der Waals surface area contributed by atoms with Crippen LogP contribution in [0.5, 0.6) is 0 Å². The van der Waals surface area contributed by atoms with Gasteiger partial charge in [-0.15, -0.1) is 0 Å². The summed E-state index contributed by atoms with van der Waals surface area (Å²) >= 11 is 0. The molecule has 0 bridgehead atoms. The normalized spacial score (nSPS) is 17.2. The predicted molar refractivity (Wildman–Crippen MR) is 98.0 cm³/mol. The van der Waals surface area contributed by atoms with Gasteiger partial charge < -0.3 is 4.84 Å². The number of hydrogen-bond donors (Lipinski definition) is 0. The molecule has 26 heavy (non-hydrogen) atoms. The second-order valence-electron chi connectivity index (χ2n) is 6.25. The van der Waals surface area contributed by atoms with Gasteiger partial charge in [-0.05, 0) is 36.8 Å². The zero-order valence-corrected chi connectivity index (χ0v) is 15.5. The van der Waals surface area contributed by atoms with Crippen LogP contribution in [0.1, 0.15) is 24.5 Å². The van der Waals surface area contributed by atoms with Gasteiger partial charge in [-0.2, -0.15) is 4.31 Å². The van der Waals surface area contributed by atoms with Crippen molar-refractivity contribution in [2.24, 2.45) is 5.16 Å². The van der Waals surface area contributed by atoms with Gasteiger partial charge >= 0.3 is 0 Å². The molecule has 0 saturated carbocycles. The van der Waals surface area contributed by atoms with Crippen molar-refractivity contribution < 1.29 is 17.6 Å². The van der Waals surface area contributed by atoms with E-state index < -0.39 is 15.8 Å². The highest BCUT2D eigenvalue weighted by Gasteiger charge is 2.30. The van der Waals surface area contributed by atoms with Crippen molar-refractivity contribution in [3.8, 4) is 0 Å². The molecule has 2 aromatic carbocycles. The number of benzene rings is 2. The monoisotopic (exact) mass is 376 g/mol. The molecule has 0 unspecified atom stereocenters. The van der Waals surface area contributed by atoms with Crippen LogP contribution in [0.3, 0.4) is 0 Å². The summed E-state index contributed by atoms with van der Waals surface area (Å²) in [7, 11) is -3.71. The highest BCUT2D eigenvalue weighted by atomic mass is 32.2. The Labute approximate surface area is 153 Å². The van der Waals surface area contributed by atoms with Gasteiger partial charge in [-0.3, -0.25) is 0 Å². The van der Waals surface area contributed by atoms with Gasteiger partial charge in [0.1, 0.15) is 11.9 Å². The number of aryl methyl sites for hydroxylation is 1. The van der Waals surface area contributed by atoms with E-state index in [0.29, 0.717) is 13.0 Å². The number of rotatable bonds is 6. The molecule has 7 heteroatoms. The fraction of sp³-hybridized carbons (Fsp3) is 0.316. The van der Waals surface area contributed by atoms with Gasteiger partial charge in [0.2, 0.25) is 10.0 Å². The molecule has 3 rings (SSSR count). The Bertz CT molecular complexity index is 893. The average Bonchev–Trinajstić information content (AvgIpc) is 3.09. The Morgan fingerprint density at radius 3 is 2.42 bits per heavy atom. The minimum Gasteiger partial charge on any atom is -0.390 e. The van der Waals surface area contributed by atoms with Crippen molar-refractivity contribution in [1.29, 1.82) is 0 Å². The average molecular weight is 376 g/mol. The molecule has 0 saturated heterocycles. The van der Waals surface area contributed by atoms with E-state index >= 15 is 0 Å². The van der Waals surface area contributed by atoms with Crippen LogP contribution in [0.25, 0.3) is 0 Å². The van der Waals surface area contributed by atoms with Gasteiger partial charge in [-0.1, -0.05) is 41.9 Å². The van der Waals surface area contributed by atoms with E-state index in [-0.39, 0.29) is 17.5 Å². The van der Waals surface area contributed by atoms with Crippen molar-refractivity contribution >= 4 is 15.7 Å². The lowest BCUT2D eigenvalue weighted by atomic mass is 10.0. The summed E-state index contributed by atoms with van der Waals surface area (Å²) in [5, 5.41) is 4.12. The molecule has 0 aliphatic carbocycles. The van der Waals surface area contributed by atoms with Crippen LogP contribution in [0.2, 0.25) is 0 Å². The van der Waals surface area contributed by atoms with Crippen LogP contribution in [0.4, 0.5) is 4.39 Å². The number of oxime groups is 1. The summed E-state index contributed by atoms with van der Waals surface area (Å²) in [6.45, 7) is 4.26. The van der Waals surface area contributed by atoms with Gasteiger partial charge in [0.05, 0.1) is 17.2 Å². The van der Waals surface area contributed by atoms with Crippen LogP contribution >= 0.6 is 0 Å². The van der Waals surface area contributed by atoms with E-state index in [4.69, 9.17) is 4.84 Å². The third kappa shape index (κ3) is 3.94. The standard InChI is InChI=1S/C19H21FN2O3S/c1-3-22(26(23,24)18-10-8-16(20)9-11-18)13-17-12-19(21-25-17)15-6-4-14(2)5-7-15/h4-11,17H,3,12-13H2,1-2H3/t17-/m1/s1. The van der Waals surface area contributed by atoms with Crippen molar-refractivity contribution in [3.05, 3.63) is 65.5 Å². The molecule has 0 spiro atoms. The van der Waals surface area contributed by atoms with Gasteiger partial charge in [-0.25, -0.2) is 12.8 Å². The molecule has 138 valence electrons. The number of halogens is 1. The van der Waals surface area contributed by atoms with E-state index in [2.05, 4.69) is 5.16 Å². The van der Waals surface area contributed by atoms with Crippen LogP contribution in [-0.2, 0) is 14.9 Å². The van der Waals surface area contributed by atoms with E-state index in [9.17, 15) is 12.8 Å². The van der Waals surface area contributed by atoms with Crippen molar-refractivity contribution in [2.75, 3.05) is 13.1 Å². The van der Waals surface area contributed by atoms with E-state index in [1.165, 1.54) is 16.4 Å². The first kappa shape index (κ1) is 18.5. The fourth-order valence-corrected chi connectivity index (χ4v) is 4.30. The first-order valence-electron chi connectivity index (χ1n) is 8.45. The maximum Gasteiger partial charge on any atom is 0.243 e. The molecule has 1 heterocycles. The van der Waals surface area contributed by atoms with Crippen molar-refractivity contribution in [1.82, 2.24) is 4.31 Å². The highest BCUT2D eigenvalue weighted by molar-refractivity contribution is 7.89. The molecule has 2 aromatic rings. The molecule has 0 fully saturated rings. The van der Waals surface area contributed by atoms with E-state index in [1.807, 2.05) is 31.2 Å². The molecule has 1 aliphatic rings. The van der Waals surface area contributed by atoms with Crippen LogP contribution in [-0.4, -0.2) is 37.6 Å². The second-order valence-corrected chi connectivity index (χ2v) is 8.18. The lowest BCUT2D eigenvalue weighted by molar-refractivity contribution is 0.0712. The number of hydrogen-bond acceptors (Lipinski definition) is 4. The Kier molecular flexibility index (Phi) is 5.38. The van der Waals surface area contributed by atoms with E-state index in [1.54, 1.807) is 6.92 Å². The molecular formula is C19H21FN2O3S. The lowest BCUT2D eigenvalue weighted by Gasteiger charge is -2.22. The number of sulfonamides is 1. The van der Waals surface area contributed by atoms with Crippen molar-refractivity contribution in [2.45, 2.75) is 31.3 Å². The van der Waals surface area contributed by atoms with Crippen LogP contribution in [0, 0.1) is 12.7 Å². The second kappa shape index (κ2) is 7.55. The smallest absolute Gasteiger partial charge is 0.243 e. The minimum absolute atomic E-state index is 0.0680. The molecular weight excluding hydrogens is 355 g/mol. The Balaban J connectivity index is 1.69. The Morgan fingerprint density at radius 1 is 1.15 bits per heavy atom. The molecule has 0 aromatic heterocycles. The zero-order valence-electron chi connectivity index (χ0n) is 14.7. The first-order chi connectivity index (χ1) is 12.4. The number of nitrogens with zero attached hydrogens (tertiary/aromatic N) is 2. The van der Waals surface area contributed by atoms with E-state index in [0.717, 1.165) is 29.0 Å². The largest absolute Gasteiger partial charge is 0.390 e. The third-order valence-electron chi connectivity index (χ3n) is 4.33. The molecule has 1 atom stereocenters. The van der Waals surface area contributed by atoms with Gasteiger partial charge in [0.15, 0.2) is 0 Å². The van der Waals surface area contributed by atoms with Crippen LogP contribution in [0.15, 0.2) is 58.6 Å². The first-order valence-corrected chi connectivity index (χ1v) is 9.89. The third-order valence-corrected chi connectivity index (χ3v) is 6.28. The SMILES string of the molecule is CCN(C[C@H]1CC(c2ccc(C)cc2)=NO1)S(=O)(=O)c1ccc(F)cc1. The summed E-state index contributed by atoms with van der Waals surface area (Å²) in [4.78, 5) is 5.52. The highest BCUT2D eigenvalue weighted by Crippen LogP contribution is 2.22. The maximum absolute atomic E-state index is 13.1. The summed E-state index contributed by atoms with van der Waals surface area (Å²) in [6.07, 6.45) is 0.194. The predicted octanol–water partition coefficient (Wildman–Crippen LogP) is 3.34. The van der Waals surface area contributed by atoms with Gasteiger partial charge in [0.25, 0.3) is 0 Å². The topological polar surface area (TPSA) is 59.0 Å². The lowest BCUT2D eigenvalue weighted by Crippen LogP contribution is -2.37. The summed E-state index contributed by atoms with van der Waals surface area (Å²) in [5.74, 6) is -0.470. The minimum atomic E-state index is -3.71. The fourth-order valence-electron chi connectivity index (χ4n) is 2.82.